The number of thiophene rings is 1. The van der Waals surface area contributed by atoms with Gasteiger partial charge in [-0.1, -0.05) is 6.07 Å². The second kappa shape index (κ2) is 7.91. The SMILES string of the molecule is O=C(/C=C/c1cccs1)N1CCN(Cn2ncc3cc([N+](=O)[O-])ccc32)CC1. The van der Waals surface area contributed by atoms with Crippen LogP contribution in [0.2, 0.25) is 0 Å². The normalized spacial score (nSPS) is 15.5. The lowest BCUT2D eigenvalue weighted by Gasteiger charge is -2.34. The minimum absolute atomic E-state index is 0.0323. The van der Waals surface area contributed by atoms with Crippen molar-refractivity contribution in [2.75, 3.05) is 26.2 Å². The van der Waals surface area contributed by atoms with E-state index in [2.05, 4.69) is 10.00 Å². The first-order chi connectivity index (χ1) is 13.6. The topological polar surface area (TPSA) is 84.5 Å². The molecule has 0 unspecified atom stereocenters. The van der Waals surface area contributed by atoms with Crippen molar-refractivity contribution in [3.63, 3.8) is 0 Å². The molecule has 1 amide bonds. The first-order valence-corrected chi connectivity index (χ1v) is 9.81. The summed E-state index contributed by atoms with van der Waals surface area (Å²) in [6.07, 6.45) is 5.14. The maximum Gasteiger partial charge on any atom is 0.270 e. The Hall–Kier alpha value is -3.04. The van der Waals surface area contributed by atoms with Crippen LogP contribution in [-0.2, 0) is 11.5 Å². The van der Waals surface area contributed by atoms with E-state index in [4.69, 9.17) is 0 Å². The first-order valence-electron chi connectivity index (χ1n) is 8.93. The van der Waals surface area contributed by atoms with Crippen molar-refractivity contribution in [3.8, 4) is 0 Å². The summed E-state index contributed by atoms with van der Waals surface area (Å²) in [7, 11) is 0. The number of hydrogen-bond acceptors (Lipinski definition) is 6. The van der Waals surface area contributed by atoms with E-state index in [1.807, 2.05) is 33.2 Å². The Labute approximate surface area is 165 Å². The van der Waals surface area contributed by atoms with Gasteiger partial charge in [-0.25, -0.2) is 0 Å². The summed E-state index contributed by atoms with van der Waals surface area (Å²) in [4.78, 5) is 28.0. The molecule has 0 spiro atoms. The van der Waals surface area contributed by atoms with Gasteiger partial charge in [-0.15, -0.1) is 11.3 Å². The fourth-order valence-corrected chi connectivity index (χ4v) is 3.86. The number of fused-ring (bicyclic) bond motifs is 1. The predicted octanol–water partition coefficient (Wildman–Crippen LogP) is 2.82. The van der Waals surface area contributed by atoms with Gasteiger partial charge in [-0.3, -0.25) is 24.5 Å². The van der Waals surface area contributed by atoms with Crippen LogP contribution in [0.25, 0.3) is 17.0 Å². The molecule has 28 heavy (non-hydrogen) atoms. The van der Waals surface area contributed by atoms with E-state index in [1.54, 1.807) is 29.7 Å². The van der Waals surface area contributed by atoms with Crippen molar-refractivity contribution < 1.29 is 9.72 Å². The minimum atomic E-state index is -0.403. The summed E-state index contributed by atoms with van der Waals surface area (Å²) in [5.74, 6) is 0.0323. The molecule has 0 saturated carbocycles. The number of nitrogens with zero attached hydrogens (tertiary/aromatic N) is 5. The summed E-state index contributed by atoms with van der Waals surface area (Å²) in [5, 5.41) is 18.0. The highest BCUT2D eigenvalue weighted by Crippen LogP contribution is 2.21. The van der Waals surface area contributed by atoms with Gasteiger partial charge in [0.05, 0.1) is 23.3 Å². The van der Waals surface area contributed by atoms with Crippen LogP contribution >= 0.6 is 11.3 Å². The maximum absolute atomic E-state index is 12.3. The quantitative estimate of drug-likeness (QED) is 0.375. The van der Waals surface area contributed by atoms with Gasteiger partial charge >= 0.3 is 0 Å². The summed E-state index contributed by atoms with van der Waals surface area (Å²) in [5.41, 5.74) is 0.928. The fourth-order valence-electron chi connectivity index (χ4n) is 3.24. The van der Waals surface area contributed by atoms with Crippen LogP contribution in [0, 0.1) is 10.1 Å². The Bertz CT molecular complexity index is 1020. The Morgan fingerprint density at radius 3 is 2.79 bits per heavy atom. The molecule has 2 aromatic heterocycles. The smallest absolute Gasteiger partial charge is 0.270 e. The third kappa shape index (κ3) is 3.95. The monoisotopic (exact) mass is 397 g/mol. The average Bonchev–Trinajstić information content (AvgIpc) is 3.36. The lowest BCUT2D eigenvalue weighted by Crippen LogP contribution is -2.48. The van der Waals surface area contributed by atoms with Crippen molar-refractivity contribution in [1.82, 2.24) is 19.6 Å². The molecule has 0 bridgehead atoms. The van der Waals surface area contributed by atoms with Crippen LogP contribution in [0.15, 0.2) is 48.0 Å². The van der Waals surface area contributed by atoms with Crippen LogP contribution in [-0.4, -0.2) is 56.6 Å². The number of carbonyl (C=O) groups is 1. The van der Waals surface area contributed by atoms with Gasteiger partial charge in [0.2, 0.25) is 5.91 Å². The number of hydrogen-bond donors (Lipinski definition) is 0. The van der Waals surface area contributed by atoms with Crippen molar-refractivity contribution >= 4 is 39.9 Å². The zero-order valence-electron chi connectivity index (χ0n) is 15.1. The third-order valence-corrected chi connectivity index (χ3v) is 5.63. The number of nitro benzene ring substituents is 1. The number of rotatable bonds is 5. The second-order valence-corrected chi connectivity index (χ2v) is 7.56. The van der Waals surface area contributed by atoms with Crippen molar-refractivity contribution in [2.45, 2.75) is 6.67 Å². The van der Waals surface area contributed by atoms with E-state index in [0.717, 1.165) is 28.9 Å². The van der Waals surface area contributed by atoms with Gasteiger partial charge < -0.3 is 4.90 Å². The molecule has 1 aliphatic rings. The van der Waals surface area contributed by atoms with Gasteiger partial charge in [-0.05, 0) is 23.6 Å². The molecule has 3 aromatic rings. The average molecular weight is 397 g/mol. The lowest BCUT2D eigenvalue weighted by atomic mass is 10.2. The van der Waals surface area contributed by atoms with Crippen LogP contribution in [0.4, 0.5) is 5.69 Å². The molecule has 0 radical (unpaired) electrons. The molecule has 0 N–H and O–H groups in total. The molecule has 1 aromatic carbocycles. The molecular weight excluding hydrogens is 378 g/mol. The van der Waals surface area contributed by atoms with Gasteiger partial charge in [0, 0.05) is 54.7 Å². The molecule has 9 heteroatoms. The minimum Gasteiger partial charge on any atom is -0.337 e. The summed E-state index contributed by atoms with van der Waals surface area (Å²) < 4.78 is 1.84. The van der Waals surface area contributed by atoms with Gasteiger partial charge in [0.25, 0.3) is 5.69 Å². The van der Waals surface area contributed by atoms with Crippen molar-refractivity contribution in [3.05, 3.63) is 63.0 Å². The molecule has 1 fully saturated rings. The molecule has 4 rings (SSSR count). The van der Waals surface area contributed by atoms with E-state index in [1.165, 1.54) is 12.1 Å². The number of non-ortho nitro benzene ring substituents is 1. The summed E-state index contributed by atoms with van der Waals surface area (Å²) >= 11 is 1.60. The highest BCUT2D eigenvalue weighted by Gasteiger charge is 2.20. The van der Waals surface area contributed by atoms with E-state index >= 15 is 0 Å². The van der Waals surface area contributed by atoms with Gasteiger partial charge in [-0.2, -0.15) is 5.10 Å². The van der Waals surface area contributed by atoms with Crippen LogP contribution < -0.4 is 0 Å². The Kier molecular flexibility index (Phi) is 5.18. The molecule has 144 valence electrons. The van der Waals surface area contributed by atoms with Crippen LogP contribution in [0.3, 0.4) is 0 Å². The van der Waals surface area contributed by atoms with E-state index < -0.39 is 4.92 Å². The van der Waals surface area contributed by atoms with Gasteiger partial charge in [0.15, 0.2) is 0 Å². The standard InChI is InChI=1S/C19H19N5O3S/c25-19(6-4-17-2-1-11-28-17)22-9-7-21(8-10-22)14-23-18-5-3-16(24(26)27)12-15(18)13-20-23/h1-6,11-13H,7-10,14H2/b6-4+. The number of piperazine rings is 1. The molecule has 0 atom stereocenters. The highest BCUT2D eigenvalue weighted by atomic mass is 32.1. The van der Waals surface area contributed by atoms with Gasteiger partial charge in [0.1, 0.15) is 0 Å². The Morgan fingerprint density at radius 2 is 2.07 bits per heavy atom. The Morgan fingerprint density at radius 1 is 1.25 bits per heavy atom. The van der Waals surface area contributed by atoms with E-state index in [-0.39, 0.29) is 11.6 Å². The summed E-state index contributed by atoms with van der Waals surface area (Å²) in [6.45, 7) is 3.44. The Balaban J connectivity index is 1.35. The fraction of sp³-hybridized carbons (Fsp3) is 0.263. The number of carbonyl (C=O) groups excluding carboxylic acids is 1. The molecule has 8 nitrogen and oxygen atoms in total. The zero-order chi connectivity index (χ0) is 19.5. The lowest BCUT2D eigenvalue weighted by molar-refractivity contribution is -0.384. The van der Waals surface area contributed by atoms with Crippen LogP contribution in [0.5, 0.6) is 0 Å². The molecular formula is C19H19N5O3S. The third-order valence-electron chi connectivity index (χ3n) is 4.79. The van der Waals surface area contributed by atoms with Crippen LogP contribution in [0.1, 0.15) is 4.88 Å². The largest absolute Gasteiger partial charge is 0.337 e. The van der Waals surface area contributed by atoms with E-state index in [0.29, 0.717) is 19.8 Å². The number of amides is 1. The van der Waals surface area contributed by atoms with Crippen molar-refractivity contribution in [2.24, 2.45) is 0 Å². The molecule has 1 aliphatic heterocycles. The second-order valence-electron chi connectivity index (χ2n) is 6.58. The highest BCUT2D eigenvalue weighted by molar-refractivity contribution is 7.10. The number of benzene rings is 1. The first kappa shape index (κ1) is 18.3. The molecule has 0 aliphatic carbocycles. The zero-order valence-corrected chi connectivity index (χ0v) is 15.9. The number of aromatic nitrogens is 2. The predicted molar refractivity (Wildman–Crippen MR) is 108 cm³/mol. The van der Waals surface area contributed by atoms with Crippen molar-refractivity contribution in [1.29, 1.82) is 0 Å². The summed E-state index contributed by atoms with van der Waals surface area (Å²) in [6, 6.07) is 8.71. The molecule has 3 heterocycles. The van der Waals surface area contributed by atoms with E-state index in [9.17, 15) is 14.9 Å². The molecule has 1 saturated heterocycles. The number of nitro groups is 1. The maximum atomic E-state index is 12.3.